The lowest BCUT2D eigenvalue weighted by Crippen LogP contribution is -2.30. The Labute approximate surface area is 375 Å². The maximum absolute atomic E-state index is 12.7. The number of rotatable bonds is 43. The number of allylic oxidation sites excluding steroid dienone is 16. The summed E-state index contributed by atoms with van der Waals surface area (Å²) in [6.45, 7) is 6.32. The average molecular weight is 847 g/mol. The van der Waals surface area contributed by atoms with Gasteiger partial charge in [-0.05, 0) is 116 Å². The second kappa shape index (κ2) is 49.0. The van der Waals surface area contributed by atoms with E-state index in [1.54, 1.807) is 0 Å². The number of unbranched alkanes of at least 4 members (excludes halogenated alkanes) is 16. The van der Waals surface area contributed by atoms with Crippen LogP contribution >= 0.6 is 0 Å². The van der Waals surface area contributed by atoms with Crippen LogP contribution in [0.3, 0.4) is 0 Å². The van der Waals surface area contributed by atoms with E-state index in [4.69, 9.17) is 14.2 Å². The minimum atomic E-state index is -0.801. The monoisotopic (exact) mass is 847 g/mol. The lowest BCUT2D eigenvalue weighted by atomic mass is 10.1. The number of hydrogen-bond donors (Lipinski definition) is 0. The molecule has 1 unspecified atom stereocenters. The molecule has 0 aromatic rings. The molecule has 0 aromatic heterocycles. The van der Waals surface area contributed by atoms with E-state index in [2.05, 4.69) is 118 Å². The van der Waals surface area contributed by atoms with Crippen molar-refractivity contribution in [2.75, 3.05) is 13.2 Å². The summed E-state index contributed by atoms with van der Waals surface area (Å²) in [5.74, 6) is -0.963. The Bertz CT molecular complexity index is 1250. The maximum Gasteiger partial charge on any atom is 0.306 e. The fraction of sp³-hybridized carbons (Fsp3) is 0.655. The highest BCUT2D eigenvalue weighted by Gasteiger charge is 2.19. The van der Waals surface area contributed by atoms with E-state index >= 15 is 0 Å². The Morgan fingerprint density at radius 3 is 1.03 bits per heavy atom. The van der Waals surface area contributed by atoms with E-state index in [0.717, 1.165) is 141 Å². The molecule has 0 aliphatic rings. The molecule has 346 valence electrons. The second-order valence-corrected chi connectivity index (χ2v) is 16.0. The van der Waals surface area contributed by atoms with Crippen LogP contribution in [-0.2, 0) is 28.6 Å². The fourth-order valence-electron chi connectivity index (χ4n) is 6.38. The Kier molecular flexibility index (Phi) is 46.0. The minimum absolute atomic E-state index is 0.0998. The van der Waals surface area contributed by atoms with Crippen molar-refractivity contribution < 1.29 is 28.6 Å². The molecule has 6 nitrogen and oxygen atoms in total. The Morgan fingerprint density at radius 1 is 0.344 bits per heavy atom. The van der Waals surface area contributed by atoms with Crippen molar-refractivity contribution in [3.05, 3.63) is 97.2 Å². The van der Waals surface area contributed by atoms with Gasteiger partial charge in [0.25, 0.3) is 0 Å². The Hall–Kier alpha value is -3.67. The van der Waals surface area contributed by atoms with Gasteiger partial charge in [0.1, 0.15) is 13.2 Å². The first kappa shape index (κ1) is 57.3. The molecule has 0 bridgehead atoms. The molecule has 0 radical (unpaired) electrons. The molecule has 0 spiro atoms. The van der Waals surface area contributed by atoms with Crippen LogP contribution in [0.2, 0.25) is 0 Å². The van der Waals surface area contributed by atoms with Crippen LogP contribution < -0.4 is 0 Å². The number of ether oxygens (including phenoxy) is 3. The van der Waals surface area contributed by atoms with Crippen molar-refractivity contribution in [3.63, 3.8) is 0 Å². The Morgan fingerprint density at radius 2 is 0.639 bits per heavy atom. The maximum atomic E-state index is 12.7. The van der Waals surface area contributed by atoms with Gasteiger partial charge < -0.3 is 14.2 Å². The zero-order valence-electron chi connectivity index (χ0n) is 39.4. The Balaban J connectivity index is 4.46. The van der Waals surface area contributed by atoms with Crippen LogP contribution in [0.25, 0.3) is 0 Å². The smallest absolute Gasteiger partial charge is 0.306 e. The molecule has 1 atom stereocenters. The van der Waals surface area contributed by atoms with E-state index in [0.29, 0.717) is 19.3 Å². The first-order chi connectivity index (χ1) is 30.0. The van der Waals surface area contributed by atoms with Gasteiger partial charge in [-0.15, -0.1) is 0 Å². The van der Waals surface area contributed by atoms with E-state index < -0.39 is 6.10 Å². The van der Waals surface area contributed by atoms with Gasteiger partial charge in [0.05, 0.1) is 0 Å². The molecule has 0 aliphatic heterocycles. The third-order valence-corrected chi connectivity index (χ3v) is 10.1. The van der Waals surface area contributed by atoms with Crippen LogP contribution in [0.5, 0.6) is 0 Å². The molecular weight excluding hydrogens is 757 g/mol. The molecular formula is C55H90O6. The predicted molar refractivity (Wildman–Crippen MR) is 260 cm³/mol. The molecule has 0 fully saturated rings. The van der Waals surface area contributed by atoms with Gasteiger partial charge in [-0.3, -0.25) is 14.4 Å². The van der Waals surface area contributed by atoms with Gasteiger partial charge in [-0.25, -0.2) is 0 Å². The van der Waals surface area contributed by atoms with Crippen LogP contribution in [0, 0.1) is 0 Å². The molecule has 0 saturated heterocycles. The molecule has 0 N–H and O–H groups in total. The zero-order valence-corrected chi connectivity index (χ0v) is 39.4. The zero-order chi connectivity index (χ0) is 44.4. The van der Waals surface area contributed by atoms with E-state index in [9.17, 15) is 14.4 Å². The molecule has 0 amide bonds. The molecule has 61 heavy (non-hydrogen) atoms. The highest BCUT2D eigenvalue weighted by molar-refractivity contribution is 5.71. The van der Waals surface area contributed by atoms with Crippen molar-refractivity contribution in [1.29, 1.82) is 0 Å². The van der Waals surface area contributed by atoms with Crippen molar-refractivity contribution in [3.8, 4) is 0 Å². The quantitative estimate of drug-likeness (QED) is 0.0263. The standard InChI is InChI=1S/C55H90O6/c1-4-7-10-13-16-19-22-25-26-27-28-29-30-31-34-36-39-42-45-48-54(57)60-51-52(61-55(58)49-46-43-40-37-33-24-21-18-15-12-9-6-3)50-59-53(56)47-44-41-38-35-32-23-20-17-14-11-8-5-2/h7,9-10,12,16-21,25-26,28-29,31,34,52H,4-6,8,11,13-15,22-24,27,30,32-33,35-51H2,1-3H3/b10-7-,12-9-,19-16-,20-17-,21-18-,26-25-,29-28-,34-31-. The summed E-state index contributed by atoms with van der Waals surface area (Å²) < 4.78 is 16.7. The highest BCUT2D eigenvalue weighted by atomic mass is 16.6. The van der Waals surface area contributed by atoms with Crippen molar-refractivity contribution in [2.24, 2.45) is 0 Å². The topological polar surface area (TPSA) is 78.9 Å². The first-order valence-electron chi connectivity index (χ1n) is 24.7. The molecule has 6 heteroatoms. The molecule has 0 aliphatic carbocycles. The van der Waals surface area contributed by atoms with Crippen molar-refractivity contribution >= 4 is 17.9 Å². The summed E-state index contributed by atoms with van der Waals surface area (Å²) in [5.41, 5.74) is 0. The molecule has 0 heterocycles. The van der Waals surface area contributed by atoms with Crippen molar-refractivity contribution in [2.45, 2.75) is 219 Å². The van der Waals surface area contributed by atoms with Gasteiger partial charge in [0, 0.05) is 19.3 Å². The minimum Gasteiger partial charge on any atom is -0.462 e. The largest absolute Gasteiger partial charge is 0.462 e. The lowest BCUT2D eigenvalue weighted by Gasteiger charge is -2.18. The van der Waals surface area contributed by atoms with Crippen LogP contribution in [0.1, 0.15) is 213 Å². The van der Waals surface area contributed by atoms with E-state index in [-0.39, 0.29) is 31.1 Å². The molecule has 0 saturated carbocycles. The summed E-state index contributed by atoms with van der Waals surface area (Å²) >= 11 is 0. The summed E-state index contributed by atoms with van der Waals surface area (Å²) in [6, 6.07) is 0. The number of carbonyl (C=O) groups is 3. The number of esters is 3. The van der Waals surface area contributed by atoms with Crippen LogP contribution in [0.15, 0.2) is 97.2 Å². The predicted octanol–water partition coefficient (Wildman–Crippen LogP) is 16.2. The second-order valence-electron chi connectivity index (χ2n) is 16.0. The van der Waals surface area contributed by atoms with Crippen molar-refractivity contribution in [1.82, 2.24) is 0 Å². The fourth-order valence-corrected chi connectivity index (χ4v) is 6.38. The van der Waals surface area contributed by atoms with E-state index in [1.165, 1.54) is 32.1 Å². The number of hydrogen-bond acceptors (Lipinski definition) is 6. The highest BCUT2D eigenvalue weighted by Crippen LogP contribution is 2.13. The lowest BCUT2D eigenvalue weighted by molar-refractivity contribution is -0.167. The van der Waals surface area contributed by atoms with Gasteiger partial charge in [0.2, 0.25) is 0 Å². The van der Waals surface area contributed by atoms with Gasteiger partial charge in [0.15, 0.2) is 6.10 Å². The first-order valence-corrected chi connectivity index (χ1v) is 24.7. The van der Waals surface area contributed by atoms with Gasteiger partial charge in [-0.2, -0.15) is 0 Å². The summed E-state index contributed by atoms with van der Waals surface area (Å²) in [7, 11) is 0. The average Bonchev–Trinajstić information content (AvgIpc) is 3.26. The SMILES string of the molecule is CC/C=C\C/C=C\C/C=C\C/C=C\C/C=C\CCCCCC(=O)OCC(COC(=O)CCCCCCC/C=C\CCCCC)OC(=O)CCCCCCC/C=C\C/C=C\CC. The summed E-state index contributed by atoms with van der Waals surface area (Å²) in [6.07, 6.45) is 63.9. The summed E-state index contributed by atoms with van der Waals surface area (Å²) in [5, 5.41) is 0. The molecule has 0 aromatic carbocycles. The van der Waals surface area contributed by atoms with Gasteiger partial charge in [-0.1, -0.05) is 176 Å². The summed E-state index contributed by atoms with van der Waals surface area (Å²) in [4.78, 5) is 37.9. The number of carbonyl (C=O) groups excluding carboxylic acids is 3. The van der Waals surface area contributed by atoms with Gasteiger partial charge >= 0.3 is 17.9 Å². The normalized spacial score (nSPS) is 12.9. The van der Waals surface area contributed by atoms with Crippen LogP contribution in [-0.4, -0.2) is 37.2 Å². The van der Waals surface area contributed by atoms with E-state index in [1.807, 2.05) is 0 Å². The third-order valence-electron chi connectivity index (χ3n) is 10.1. The third kappa shape index (κ3) is 47.2. The molecule has 0 rings (SSSR count). The van der Waals surface area contributed by atoms with Crippen LogP contribution in [0.4, 0.5) is 0 Å².